The third-order valence-electron chi connectivity index (χ3n) is 4.23. The van der Waals surface area contributed by atoms with Crippen LogP contribution in [0.25, 0.3) is 11.1 Å². The molecule has 0 aliphatic carbocycles. The van der Waals surface area contributed by atoms with Crippen LogP contribution in [0.5, 0.6) is 0 Å². The minimum absolute atomic E-state index is 0.274. The molecular formula is C19H26N8. The second-order valence-corrected chi connectivity index (χ2v) is 6.22. The molecule has 8 heteroatoms. The van der Waals surface area contributed by atoms with E-state index in [1.807, 2.05) is 18.2 Å². The molecule has 0 spiro atoms. The largest absolute Gasteiger partial charge is 0.390 e. The molecule has 0 aliphatic heterocycles. The molecule has 0 saturated heterocycles. The fraction of sp³-hybridized carbons (Fsp3) is 0.316. The molecule has 0 fully saturated rings. The molecule has 2 aromatic rings. The lowest BCUT2D eigenvalue weighted by Gasteiger charge is -2.13. The zero-order chi connectivity index (χ0) is 19.8. The van der Waals surface area contributed by atoms with Crippen molar-refractivity contribution in [3.63, 3.8) is 0 Å². The molecular weight excluding hydrogens is 340 g/mol. The summed E-state index contributed by atoms with van der Waals surface area (Å²) in [6.07, 6.45) is 6.27. The molecule has 0 aliphatic rings. The van der Waals surface area contributed by atoms with E-state index in [2.05, 4.69) is 34.1 Å². The number of pyridine rings is 2. The maximum absolute atomic E-state index is 8.28. The first-order valence-corrected chi connectivity index (χ1v) is 8.78. The highest BCUT2D eigenvalue weighted by molar-refractivity contribution is 5.97. The summed E-state index contributed by atoms with van der Waals surface area (Å²) in [4.78, 5) is 12.1. The first kappa shape index (κ1) is 20.0. The van der Waals surface area contributed by atoms with Crippen LogP contribution in [0, 0.1) is 16.7 Å². The summed E-state index contributed by atoms with van der Waals surface area (Å²) >= 11 is 0. The predicted octanol–water partition coefficient (Wildman–Crippen LogP) is 2.68. The van der Waals surface area contributed by atoms with Crippen LogP contribution in [-0.2, 0) is 0 Å². The molecule has 0 radical (unpaired) electrons. The number of hydrogen-bond acceptors (Lipinski definition) is 4. The Kier molecular flexibility index (Phi) is 6.99. The summed E-state index contributed by atoms with van der Waals surface area (Å²) in [5, 5.41) is 19.5. The molecule has 27 heavy (non-hydrogen) atoms. The highest BCUT2D eigenvalue weighted by Crippen LogP contribution is 2.20. The Morgan fingerprint density at radius 1 is 1.37 bits per heavy atom. The van der Waals surface area contributed by atoms with Crippen LogP contribution in [0.3, 0.4) is 0 Å². The number of nitrogens with zero attached hydrogens (tertiary/aromatic N) is 4. The van der Waals surface area contributed by atoms with Crippen LogP contribution in [0.2, 0.25) is 0 Å². The zero-order valence-electron chi connectivity index (χ0n) is 15.9. The summed E-state index contributed by atoms with van der Waals surface area (Å²) in [6, 6.07) is 7.36. The molecule has 2 heterocycles. The molecule has 1 atom stereocenters. The zero-order valence-corrected chi connectivity index (χ0v) is 15.9. The van der Waals surface area contributed by atoms with Gasteiger partial charge in [-0.1, -0.05) is 20.3 Å². The molecule has 8 nitrogen and oxygen atoms in total. The third kappa shape index (κ3) is 5.34. The van der Waals surface area contributed by atoms with E-state index in [0.29, 0.717) is 30.0 Å². The first-order valence-electron chi connectivity index (χ1n) is 8.78. The number of guanidine groups is 1. The maximum Gasteiger partial charge on any atom is 0.224 e. The van der Waals surface area contributed by atoms with Gasteiger partial charge >= 0.3 is 0 Å². The Hall–Kier alpha value is -3.29. The van der Waals surface area contributed by atoms with E-state index in [1.165, 1.54) is 0 Å². The van der Waals surface area contributed by atoms with Gasteiger partial charge in [0.2, 0.25) is 5.96 Å². The number of hydrogen-bond donors (Lipinski definition) is 4. The molecule has 0 amide bonds. The smallest absolute Gasteiger partial charge is 0.224 e. The monoisotopic (exact) mass is 366 g/mol. The van der Waals surface area contributed by atoms with E-state index in [0.717, 1.165) is 23.9 Å². The molecule has 1 unspecified atom stereocenters. The molecule has 2 aromatic heterocycles. The normalized spacial score (nSPS) is 12.9. The Balaban J connectivity index is 2.26. The number of rotatable bonds is 5. The number of aromatic nitrogens is 2. The van der Waals surface area contributed by atoms with Crippen molar-refractivity contribution >= 4 is 24.0 Å². The Bertz CT molecular complexity index is 910. The Morgan fingerprint density at radius 3 is 2.74 bits per heavy atom. The van der Waals surface area contributed by atoms with E-state index >= 15 is 0 Å². The van der Waals surface area contributed by atoms with E-state index in [9.17, 15) is 0 Å². The molecule has 0 aromatic carbocycles. The summed E-state index contributed by atoms with van der Waals surface area (Å²) in [7, 11) is 1.61. The second-order valence-electron chi connectivity index (χ2n) is 6.22. The van der Waals surface area contributed by atoms with Crippen molar-refractivity contribution in [1.29, 1.82) is 10.8 Å². The van der Waals surface area contributed by atoms with Gasteiger partial charge in [-0.25, -0.2) is 9.98 Å². The van der Waals surface area contributed by atoms with Gasteiger partial charge in [-0.3, -0.25) is 20.4 Å². The second kappa shape index (κ2) is 9.42. The Morgan fingerprint density at radius 2 is 2.11 bits per heavy atom. The van der Waals surface area contributed by atoms with Gasteiger partial charge in [0.05, 0.1) is 6.34 Å². The highest BCUT2D eigenvalue weighted by Gasteiger charge is 2.08. The highest BCUT2D eigenvalue weighted by atomic mass is 15.2. The average molecular weight is 366 g/mol. The summed E-state index contributed by atoms with van der Waals surface area (Å²) in [5.74, 6) is 1.78. The lowest BCUT2D eigenvalue weighted by Crippen LogP contribution is -2.26. The molecule has 0 bridgehead atoms. The van der Waals surface area contributed by atoms with Crippen molar-refractivity contribution in [2.75, 3.05) is 12.4 Å². The summed E-state index contributed by atoms with van der Waals surface area (Å²) in [5.41, 5.74) is 7.34. The number of nitrogens with two attached hydrogens (primary N) is 1. The van der Waals surface area contributed by atoms with Crippen LogP contribution in [0.1, 0.15) is 26.7 Å². The van der Waals surface area contributed by atoms with Crippen LogP contribution >= 0.6 is 0 Å². The fourth-order valence-electron chi connectivity index (χ4n) is 2.50. The Labute approximate surface area is 158 Å². The first-order chi connectivity index (χ1) is 13.0. The standard InChI is InChI=1S/C19H26N8/c1-4-13(2)9-16(21)27-8-6-15(10-17(27)22)14-5-7-24-18(11-14)26-19(23-3)25-12-20/h5-8,10-13,21-22H,4,9H2,1-3H3,(H3,20,23,24,25,26). The summed E-state index contributed by atoms with van der Waals surface area (Å²) in [6.45, 7) is 4.22. The number of nitrogens with one attached hydrogen (secondary N) is 3. The SMILES string of the molecule is CCC(C)CC(=N)n1ccc(-c2ccnc(NC(=NC)/N=C\N)c2)cc1=N. The predicted molar refractivity (Wildman–Crippen MR) is 110 cm³/mol. The van der Waals surface area contributed by atoms with Crippen LogP contribution in [0.15, 0.2) is 46.6 Å². The maximum atomic E-state index is 8.28. The van der Waals surface area contributed by atoms with Crippen LogP contribution < -0.4 is 16.5 Å². The van der Waals surface area contributed by atoms with Crippen molar-refractivity contribution in [3.05, 3.63) is 42.1 Å². The van der Waals surface area contributed by atoms with E-state index < -0.39 is 0 Å². The van der Waals surface area contributed by atoms with Gasteiger partial charge in [0.25, 0.3) is 0 Å². The van der Waals surface area contributed by atoms with Gasteiger partial charge in [0.15, 0.2) is 0 Å². The minimum atomic E-state index is 0.274. The van der Waals surface area contributed by atoms with Crippen molar-refractivity contribution < 1.29 is 0 Å². The lowest BCUT2D eigenvalue weighted by molar-refractivity contribution is 0.577. The van der Waals surface area contributed by atoms with E-state index in [-0.39, 0.29) is 5.49 Å². The topological polar surface area (TPSA) is 128 Å². The van der Waals surface area contributed by atoms with Crippen molar-refractivity contribution in [2.24, 2.45) is 21.6 Å². The molecule has 142 valence electrons. The van der Waals surface area contributed by atoms with Crippen molar-refractivity contribution in [3.8, 4) is 11.1 Å². The average Bonchev–Trinajstić information content (AvgIpc) is 2.67. The molecule has 5 N–H and O–H groups in total. The van der Waals surface area contributed by atoms with Gasteiger partial charge < -0.3 is 11.1 Å². The van der Waals surface area contributed by atoms with Gasteiger partial charge in [-0.05, 0) is 41.3 Å². The minimum Gasteiger partial charge on any atom is -0.390 e. The molecule has 2 rings (SSSR count). The quantitative estimate of drug-likeness (QED) is 0.479. The number of anilines is 1. The molecule has 0 saturated carbocycles. The fourth-order valence-corrected chi connectivity index (χ4v) is 2.50. The third-order valence-corrected chi connectivity index (χ3v) is 4.23. The van der Waals surface area contributed by atoms with E-state index in [4.69, 9.17) is 16.6 Å². The number of aliphatic imine (C=N–C) groups is 2. The van der Waals surface area contributed by atoms with Gasteiger partial charge in [-0.2, -0.15) is 0 Å². The van der Waals surface area contributed by atoms with E-state index in [1.54, 1.807) is 30.1 Å². The van der Waals surface area contributed by atoms with Crippen LogP contribution in [0.4, 0.5) is 5.82 Å². The van der Waals surface area contributed by atoms with Gasteiger partial charge in [0, 0.05) is 25.9 Å². The lowest BCUT2D eigenvalue weighted by atomic mass is 10.0. The van der Waals surface area contributed by atoms with Crippen LogP contribution in [-0.4, -0.2) is 34.7 Å². The van der Waals surface area contributed by atoms with Crippen molar-refractivity contribution in [2.45, 2.75) is 26.7 Å². The van der Waals surface area contributed by atoms with Gasteiger partial charge in [-0.15, -0.1) is 0 Å². The van der Waals surface area contributed by atoms with Crippen molar-refractivity contribution in [1.82, 2.24) is 9.55 Å². The summed E-state index contributed by atoms with van der Waals surface area (Å²) < 4.78 is 1.60. The van der Waals surface area contributed by atoms with Gasteiger partial charge in [0.1, 0.15) is 17.1 Å².